The molecule has 0 amide bonds. The molecule has 0 N–H and O–H groups in total. The van der Waals surface area contributed by atoms with Crippen LogP contribution in [0.3, 0.4) is 0 Å². The Hall–Kier alpha value is -9.62. The number of rotatable bonds is 8. The molecule has 0 atom stereocenters. The first-order valence-electron chi connectivity index (χ1n) is 27.0. The van der Waals surface area contributed by atoms with E-state index < -0.39 is 5.41 Å². The lowest BCUT2D eigenvalue weighted by Gasteiger charge is -2.46. The smallest absolute Gasteiger partial charge is 0.159 e. The lowest BCUT2D eigenvalue weighted by Crippen LogP contribution is -2.40. The van der Waals surface area contributed by atoms with Crippen molar-refractivity contribution in [3.05, 3.63) is 262 Å². The van der Waals surface area contributed by atoms with E-state index in [-0.39, 0.29) is 17.3 Å². The molecule has 0 aliphatic heterocycles. The molecule has 78 heavy (non-hydrogen) atoms. The van der Waals surface area contributed by atoms with Gasteiger partial charge in [-0.3, -0.25) is 0 Å². The van der Waals surface area contributed by atoms with Crippen LogP contribution < -0.4 is 9.80 Å². The van der Waals surface area contributed by atoms with E-state index in [9.17, 15) is 10.5 Å². The van der Waals surface area contributed by atoms with Gasteiger partial charge < -0.3 is 18.6 Å². The van der Waals surface area contributed by atoms with Crippen LogP contribution in [0, 0.1) is 22.7 Å². The van der Waals surface area contributed by atoms with E-state index in [4.69, 9.17) is 8.83 Å². The molecule has 2 aromatic heterocycles. The van der Waals surface area contributed by atoms with Gasteiger partial charge in [-0.05, 0) is 128 Å². The van der Waals surface area contributed by atoms with Crippen LogP contribution in [0.15, 0.2) is 215 Å². The Bertz CT molecular complexity index is 4270. The molecule has 1 spiro atoms. The maximum Gasteiger partial charge on any atom is 0.159 e. The van der Waals surface area contributed by atoms with Gasteiger partial charge in [0.25, 0.3) is 0 Å². The molecule has 0 bridgehead atoms. The van der Waals surface area contributed by atoms with Crippen LogP contribution in [-0.2, 0) is 10.8 Å². The van der Waals surface area contributed by atoms with Crippen LogP contribution in [-0.4, -0.2) is 0 Å². The molecule has 0 saturated heterocycles. The van der Waals surface area contributed by atoms with Gasteiger partial charge in [0.2, 0.25) is 0 Å². The molecular weight excluding hydrogens is 953 g/mol. The number of nitriles is 2. The first kappa shape index (κ1) is 46.9. The Kier molecular flexibility index (Phi) is 10.5. The van der Waals surface area contributed by atoms with Gasteiger partial charge in [0.1, 0.15) is 23.3 Å². The number of furan rings is 2. The topological polar surface area (TPSA) is 80.3 Å². The third-order valence-corrected chi connectivity index (χ3v) is 17.0. The standard InChI is InChI=1S/C72H54N4O2/c1-43(2)49-21-15-23-51-53-25-17-33-65(69(53)77-67(49)51)75(63-31-13-7-19-45(63)41-73)47-35-37-57-55(39-47)56-40-48(36-38-58(56)72(57)61-29-11-9-27-59(61)71(5,6)60-28-10-12-30-62(60)72)76(64-32-14-8-20-46(64)42-74)66-34-18-26-54-52-24-16-22-50(44(3)4)68(52)78-70(54)66/h7-40,43-44H,1-6H3. The molecule has 2 heterocycles. The predicted octanol–water partition coefficient (Wildman–Crippen LogP) is 19.4. The van der Waals surface area contributed by atoms with E-state index in [1.807, 2.05) is 48.5 Å². The average molecular weight is 1010 g/mol. The molecule has 14 rings (SSSR count). The number of nitrogens with zero attached hydrogens (tertiary/aromatic N) is 4. The molecule has 10 aromatic carbocycles. The number of fused-ring (bicyclic) bond motifs is 15. The Balaban J connectivity index is 1.08. The number of hydrogen-bond acceptors (Lipinski definition) is 6. The molecule has 6 nitrogen and oxygen atoms in total. The van der Waals surface area contributed by atoms with Crippen LogP contribution in [0.1, 0.15) is 109 Å². The highest BCUT2D eigenvalue weighted by Crippen LogP contribution is 2.64. The van der Waals surface area contributed by atoms with Crippen LogP contribution in [0.5, 0.6) is 0 Å². The summed E-state index contributed by atoms with van der Waals surface area (Å²) in [5.74, 6) is 0.493. The summed E-state index contributed by atoms with van der Waals surface area (Å²) < 4.78 is 14.1. The zero-order valence-corrected chi connectivity index (χ0v) is 44.4. The summed E-state index contributed by atoms with van der Waals surface area (Å²) >= 11 is 0. The Labute approximate surface area is 454 Å². The number of hydrogen-bond donors (Lipinski definition) is 0. The lowest BCUT2D eigenvalue weighted by atomic mass is 9.55. The van der Waals surface area contributed by atoms with Crippen LogP contribution in [0.25, 0.3) is 55.0 Å². The van der Waals surface area contributed by atoms with Crippen molar-refractivity contribution in [2.24, 2.45) is 0 Å². The average Bonchev–Trinajstić information content (AvgIpc) is 2.98. The van der Waals surface area contributed by atoms with Gasteiger partial charge in [-0.1, -0.05) is 187 Å². The first-order valence-corrected chi connectivity index (χ1v) is 27.0. The molecule has 0 unspecified atom stereocenters. The van der Waals surface area contributed by atoms with Gasteiger partial charge in [-0.2, -0.15) is 10.5 Å². The second-order valence-corrected chi connectivity index (χ2v) is 22.1. The summed E-state index contributed by atoms with van der Waals surface area (Å²) in [5.41, 5.74) is 20.0. The summed E-state index contributed by atoms with van der Waals surface area (Å²) in [5, 5.41) is 25.9. The van der Waals surface area contributed by atoms with Gasteiger partial charge in [-0.15, -0.1) is 0 Å². The number of para-hydroxylation sites is 6. The third-order valence-electron chi connectivity index (χ3n) is 17.0. The fourth-order valence-corrected chi connectivity index (χ4v) is 13.4. The Morgan fingerprint density at radius 1 is 0.372 bits per heavy atom. The minimum Gasteiger partial charge on any atom is -0.454 e. The minimum absolute atomic E-state index is 0.247. The highest BCUT2D eigenvalue weighted by atomic mass is 16.3. The number of benzene rings is 10. The van der Waals surface area contributed by atoms with Crippen molar-refractivity contribution in [2.75, 3.05) is 9.80 Å². The normalized spacial score (nSPS) is 13.7. The molecule has 12 aromatic rings. The Morgan fingerprint density at radius 3 is 1.14 bits per heavy atom. The van der Waals surface area contributed by atoms with Crippen molar-refractivity contribution in [1.29, 1.82) is 10.5 Å². The zero-order chi connectivity index (χ0) is 53.2. The number of anilines is 6. The van der Waals surface area contributed by atoms with E-state index >= 15 is 0 Å². The van der Waals surface area contributed by atoms with Crippen molar-refractivity contribution in [3.8, 4) is 23.3 Å². The fourth-order valence-electron chi connectivity index (χ4n) is 13.4. The quantitative estimate of drug-likeness (QED) is 0.151. The first-order chi connectivity index (χ1) is 38.0. The highest BCUT2D eigenvalue weighted by Gasteiger charge is 2.53. The zero-order valence-electron chi connectivity index (χ0n) is 44.4. The van der Waals surface area contributed by atoms with E-state index in [0.717, 1.165) is 111 Å². The summed E-state index contributed by atoms with van der Waals surface area (Å²) in [6.45, 7) is 13.5. The SMILES string of the molecule is CC(C)c1cccc2c1oc1c(N(c3ccc4c(c3)-c3cc(N(c5ccccc5C#N)c5cccc6c5oc5c(C(C)C)cccc56)ccc3C43c4ccccc4C(C)(C)c4ccccc43)c3ccccc3C#N)cccc12. The maximum absolute atomic E-state index is 10.9. The molecular formula is C72H54N4O2. The van der Waals surface area contributed by atoms with Crippen molar-refractivity contribution < 1.29 is 8.83 Å². The van der Waals surface area contributed by atoms with Crippen LogP contribution in [0.4, 0.5) is 34.1 Å². The third kappa shape index (κ3) is 6.53. The molecule has 2 aliphatic carbocycles. The summed E-state index contributed by atoms with van der Waals surface area (Å²) in [4.78, 5) is 4.42. The van der Waals surface area contributed by atoms with E-state index in [2.05, 4.69) is 221 Å². The van der Waals surface area contributed by atoms with E-state index in [0.29, 0.717) is 11.1 Å². The maximum atomic E-state index is 10.9. The van der Waals surface area contributed by atoms with Gasteiger partial charge in [0, 0.05) is 38.3 Å². The molecule has 0 fully saturated rings. The lowest BCUT2D eigenvalue weighted by molar-refractivity contribution is 0.563. The van der Waals surface area contributed by atoms with Crippen molar-refractivity contribution >= 4 is 78.0 Å². The van der Waals surface area contributed by atoms with Gasteiger partial charge in [0.15, 0.2) is 11.2 Å². The fraction of sp³-hybridized carbons (Fsp3) is 0.139. The molecule has 6 heteroatoms. The van der Waals surface area contributed by atoms with Crippen molar-refractivity contribution in [3.63, 3.8) is 0 Å². The van der Waals surface area contributed by atoms with E-state index in [1.165, 1.54) is 22.3 Å². The second-order valence-electron chi connectivity index (χ2n) is 22.1. The summed E-state index contributed by atoms with van der Waals surface area (Å²) in [7, 11) is 0. The monoisotopic (exact) mass is 1010 g/mol. The van der Waals surface area contributed by atoms with Gasteiger partial charge in [-0.25, -0.2) is 0 Å². The molecule has 0 saturated carbocycles. The van der Waals surface area contributed by atoms with Gasteiger partial charge in [0.05, 0.1) is 39.3 Å². The summed E-state index contributed by atoms with van der Waals surface area (Å²) in [6.07, 6.45) is 0. The summed E-state index contributed by atoms with van der Waals surface area (Å²) in [6, 6.07) is 78.1. The second kappa shape index (κ2) is 17.5. The van der Waals surface area contributed by atoms with E-state index in [1.54, 1.807) is 0 Å². The van der Waals surface area contributed by atoms with Gasteiger partial charge >= 0.3 is 0 Å². The molecule has 374 valence electrons. The predicted molar refractivity (Wildman–Crippen MR) is 317 cm³/mol. The van der Waals surface area contributed by atoms with Crippen LogP contribution in [0.2, 0.25) is 0 Å². The molecule has 0 radical (unpaired) electrons. The largest absolute Gasteiger partial charge is 0.454 e. The van der Waals surface area contributed by atoms with Crippen molar-refractivity contribution in [1.82, 2.24) is 0 Å². The van der Waals surface area contributed by atoms with Crippen molar-refractivity contribution in [2.45, 2.75) is 64.2 Å². The minimum atomic E-state index is -0.715. The molecule has 2 aliphatic rings. The van der Waals surface area contributed by atoms with Crippen LogP contribution >= 0.6 is 0 Å². The Morgan fingerprint density at radius 2 is 0.731 bits per heavy atom. The highest BCUT2D eigenvalue weighted by molar-refractivity contribution is 6.13.